The Morgan fingerprint density at radius 2 is 1.48 bits per heavy atom. The summed E-state index contributed by atoms with van der Waals surface area (Å²) in [6, 6.07) is 9.93. The van der Waals surface area contributed by atoms with E-state index in [4.69, 9.17) is 4.52 Å². The predicted molar refractivity (Wildman–Crippen MR) is 103 cm³/mol. The van der Waals surface area contributed by atoms with Gasteiger partial charge < -0.3 is 9.84 Å². The third kappa shape index (κ3) is 8.30. The van der Waals surface area contributed by atoms with Crippen LogP contribution in [0, 0.1) is 0 Å². The van der Waals surface area contributed by atoms with E-state index in [0.717, 1.165) is 12.1 Å². The third-order valence-corrected chi connectivity index (χ3v) is 4.48. The number of unbranched alkanes of at least 4 members (excludes halogenated alkanes) is 9. The van der Waals surface area contributed by atoms with E-state index in [1.807, 2.05) is 30.3 Å². The zero-order valence-electron chi connectivity index (χ0n) is 15.7. The topological polar surface area (TPSA) is 51.0 Å². The minimum atomic E-state index is 0.650. The van der Waals surface area contributed by atoms with E-state index in [-0.39, 0.29) is 0 Å². The molecule has 1 N–H and O–H groups in total. The number of hydrogen-bond acceptors (Lipinski definition) is 4. The number of rotatable bonds is 14. The average Bonchev–Trinajstić information content (AvgIpc) is 3.12. The lowest BCUT2D eigenvalue weighted by atomic mass is 10.1. The van der Waals surface area contributed by atoms with Crippen molar-refractivity contribution in [1.29, 1.82) is 0 Å². The number of nitrogens with one attached hydrogen (secondary N) is 1. The zero-order valence-corrected chi connectivity index (χ0v) is 15.7. The molecule has 0 radical (unpaired) electrons. The molecule has 2 aromatic rings. The standard InChI is InChI=1S/C21H33N3O/c1-2-3-4-5-6-7-8-9-10-14-17-22-18-20-23-21(24-25-20)19-15-12-11-13-16-19/h11-13,15-16,22H,2-10,14,17-18H2,1H3. The molecular weight excluding hydrogens is 310 g/mol. The molecule has 0 bridgehead atoms. The van der Waals surface area contributed by atoms with Gasteiger partial charge in [-0.15, -0.1) is 0 Å². The summed E-state index contributed by atoms with van der Waals surface area (Å²) >= 11 is 0. The lowest BCUT2D eigenvalue weighted by Gasteiger charge is -2.03. The van der Waals surface area contributed by atoms with Gasteiger partial charge in [-0.05, 0) is 13.0 Å². The number of nitrogens with zero attached hydrogens (tertiary/aromatic N) is 2. The molecule has 0 atom stereocenters. The van der Waals surface area contributed by atoms with Crippen molar-refractivity contribution in [3.05, 3.63) is 36.2 Å². The Morgan fingerprint density at radius 1 is 0.840 bits per heavy atom. The summed E-state index contributed by atoms with van der Waals surface area (Å²) in [5, 5.41) is 7.43. The van der Waals surface area contributed by atoms with Crippen molar-refractivity contribution in [2.45, 2.75) is 77.7 Å². The quantitative estimate of drug-likeness (QED) is 0.444. The van der Waals surface area contributed by atoms with E-state index in [1.165, 1.54) is 64.2 Å². The fourth-order valence-electron chi connectivity index (χ4n) is 2.96. The maximum Gasteiger partial charge on any atom is 0.240 e. The second-order valence-corrected chi connectivity index (χ2v) is 6.74. The van der Waals surface area contributed by atoms with E-state index >= 15 is 0 Å². The molecule has 0 fully saturated rings. The Kier molecular flexibility index (Phi) is 9.94. The van der Waals surface area contributed by atoms with Gasteiger partial charge in [0.15, 0.2) is 0 Å². The van der Waals surface area contributed by atoms with E-state index in [1.54, 1.807) is 0 Å². The van der Waals surface area contributed by atoms with Crippen LogP contribution >= 0.6 is 0 Å². The lowest BCUT2D eigenvalue weighted by Crippen LogP contribution is -2.14. The summed E-state index contributed by atoms with van der Waals surface area (Å²) in [4.78, 5) is 4.43. The predicted octanol–water partition coefficient (Wildman–Crippen LogP) is 5.75. The molecule has 4 heteroatoms. The van der Waals surface area contributed by atoms with Crippen LogP contribution in [0.5, 0.6) is 0 Å². The van der Waals surface area contributed by atoms with Crippen LogP contribution < -0.4 is 5.32 Å². The zero-order chi connectivity index (χ0) is 17.6. The Morgan fingerprint density at radius 3 is 2.16 bits per heavy atom. The monoisotopic (exact) mass is 343 g/mol. The second-order valence-electron chi connectivity index (χ2n) is 6.74. The van der Waals surface area contributed by atoms with Crippen LogP contribution in [0.1, 0.15) is 77.0 Å². The van der Waals surface area contributed by atoms with Gasteiger partial charge in [0.05, 0.1) is 6.54 Å². The van der Waals surface area contributed by atoms with Gasteiger partial charge in [0, 0.05) is 5.56 Å². The van der Waals surface area contributed by atoms with Crippen molar-refractivity contribution < 1.29 is 4.52 Å². The Bertz CT molecular complexity index is 553. The third-order valence-electron chi connectivity index (χ3n) is 4.48. The van der Waals surface area contributed by atoms with Crippen molar-refractivity contribution in [2.75, 3.05) is 6.54 Å². The smallest absolute Gasteiger partial charge is 0.240 e. The van der Waals surface area contributed by atoms with Gasteiger partial charge in [0.1, 0.15) is 0 Å². The normalized spacial score (nSPS) is 11.1. The molecule has 0 unspecified atom stereocenters. The molecule has 4 nitrogen and oxygen atoms in total. The first-order chi connectivity index (χ1) is 12.4. The highest BCUT2D eigenvalue weighted by atomic mass is 16.5. The second kappa shape index (κ2) is 12.6. The lowest BCUT2D eigenvalue weighted by molar-refractivity contribution is 0.367. The minimum Gasteiger partial charge on any atom is -0.338 e. The van der Waals surface area contributed by atoms with E-state index in [2.05, 4.69) is 22.4 Å². The summed E-state index contributed by atoms with van der Waals surface area (Å²) in [5.41, 5.74) is 0.993. The minimum absolute atomic E-state index is 0.650. The van der Waals surface area contributed by atoms with Crippen molar-refractivity contribution in [3.63, 3.8) is 0 Å². The first kappa shape index (κ1) is 19.6. The molecule has 0 spiro atoms. The molecule has 0 saturated carbocycles. The largest absolute Gasteiger partial charge is 0.338 e. The molecule has 138 valence electrons. The van der Waals surface area contributed by atoms with Crippen molar-refractivity contribution in [3.8, 4) is 11.4 Å². The maximum atomic E-state index is 5.30. The first-order valence-electron chi connectivity index (χ1n) is 9.99. The van der Waals surface area contributed by atoms with E-state index < -0.39 is 0 Å². The molecule has 2 rings (SSSR count). The molecule has 0 amide bonds. The van der Waals surface area contributed by atoms with Crippen LogP contribution in [0.4, 0.5) is 0 Å². The van der Waals surface area contributed by atoms with Crippen LogP contribution in [0.15, 0.2) is 34.9 Å². The van der Waals surface area contributed by atoms with Crippen LogP contribution in [0.2, 0.25) is 0 Å². The summed E-state index contributed by atoms with van der Waals surface area (Å²) in [6.07, 6.45) is 13.7. The van der Waals surface area contributed by atoms with Gasteiger partial charge in [0.2, 0.25) is 11.7 Å². The highest BCUT2D eigenvalue weighted by Crippen LogP contribution is 2.14. The van der Waals surface area contributed by atoms with Gasteiger partial charge in [-0.2, -0.15) is 4.98 Å². The number of benzene rings is 1. The summed E-state index contributed by atoms with van der Waals surface area (Å²) < 4.78 is 5.30. The van der Waals surface area contributed by atoms with Gasteiger partial charge in [-0.3, -0.25) is 0 Å². The highest BCUT2D eigenvalue weighted by Gasteiger charge is 2.07. The van der Waals surface area contributed by atoms with Crippen molar-refractivity contribution in [2.24, 2.45) is 0 Å². The van der Waals surface area contributed by atoms with Gasteiger partial charge in [-0.25, -0.2) is 0 Å². The Balaban J connectivity index is 1.45. The van der Waals surface area contributed by atoms with Gasteiger partial charge in [-0.1, -0.05) is 100 Å². The van der Waals surface area contributed by atoms with E-state index in [9.17, 15) is 0 Å². The molecule has 25 heavy (non-hydrogen) atoms. The fraction of sp³-hybridized carbons (Fsp3) is 0.619. The van der Waals surface area contributed by atoms with Crippen LogP contribution in [0.25, 0.3) is 11.4 Å². The molecule has 1 aromatic carbocycles. The van der Waals surface area contributed by atoms with E-state index in [0.29, 0.717) is 18.3 Å². The van der Waals surface area contributed by atoms with Gasteiger partial charge in [0.25, 0.3) is 0 Å². The average molecular weight is 344 g/mol. The summed E-state index contributed by atoms with van der Waals surface area (Å²) in [7, 11) is 0. The Hall–Kier alpha value is -1.68. The molecule has 0 aliphatic rings. The number of hydrogen-bond donors (Lipinski definition) is 1. The highest BCUT2D eigenvalue weighted by molar-refractivity contribution is 5.53. The summed E-state index contributed by atoms with van der Waals surface area (Å²) in [6.45, 7) is 3.94. The van der Waals surface area contributed by atoms with Crippen LogP contribution in [-0.4, -0.2) is 16.7 Å². The molecule has 0 aliphatic heterocycles. The fourth-order valence-corrected chi connectivity index (χ4v) is 2.96. The first-order valence-corrected chi connectivity index (χ1v) is 9.99. The van der Waals surface area contributed by atoms with Crippen molar-refractivity contribution in [1.82, 2.24) is 15.5 Å². The van der Waals surface area contributed by atoms with Crippen molar-refractivity contribution >= 4 is 0 Å². The molecular formula is C21H33N3O. The molecule has 0 aliphatic carbocycles. The number of aromatic nitrogens is 2. The van der Waals surface area contributed by atoms with Crippen LogP contribution in [-0.2, 0) is 6.54 Å². The summed E-state index contributed by atoms with van der Waals surface area (Å²) in [5.74, 6) is 1.32. The maximum absolute atomic E-state index is 5.30. The molecule has 1 heterocycles. The van der Waals surface area contributed by atoms with Crippen LogP contribution in [0.3, 0.4) is 0 Å². The Labute approximate surface area is 152 Å². The SMILES string of the molecule is CCCCCCCCCCCCNCc1nc(-c2ccccc2)no1. The molecule has 1 aromatic heterocycles. The molecule has 0 saturated heterocycles. The van der Waals surface area contributed by atoms with Gasteiger partial charge >= 0.3 is 0 Å².